The Hall–Kier alpha value is -1.83. The Morgan fingerprint density at radius 1 is 1.07 bits per heavy atom. The largest absolute Gasteiger partial charge is 0.497 e. The van der Waals surface area contributed by atoms with Gasteiger partial charge >= 0.3 is 0 Å². The summed E-state index contributed by atoms with van der Waals surface area (Å²) in [5.41, 5.74) is 0.697. The Morgan fingerprint density at radius 3 is 2.40 bits per heavy atom. The predicted molar refractivity (Wildman–Crippen MR) is 62.6 cm³/mol. The number of hydrogen-bond donors (Lipinski definition) is 0. The molecule has 0 radical (unpaired) electrons. The van der Waals surface area contributed by atoms with Crippen LogP contribution in [0.4, 0.5) is 0 Å². The van der Waals surface area contributed by atoms with E-state index in [1.165, 1.54) is 0 Å². The van der Waals surface area contributed by atoms with E-state index in [1.54, 1.807) is 13.2 Å². The maximum atomic E-state index is 10.5. The average Bonchev–Trinajstić information content (AvgIpc) is 2.27. The third-order valence-corrected chi connectivity index (χ3v) is 2.21. The Bertz CT molecular complexity index is 475. The van der Waals surface area contributed by atoms with Crippen molar-refractivity contribution >= 4 is 17.1 Å². The number of carbonyl (C=O) groups excluding carboxylic acids is 1. The minimum Gasteiger partial charge on any atom is -0.497 e. The first kappa shape index (κ1) is 11.2. The molecular formula is C13H14O2. The first-order valence-corrected chi connectivity index (χ1v) is 4.36. The summed E-state index contributed by atoms with van der Waals surface area (Å²) in [5.74, 6) is 0.830. The molecule has 0 aliphatic carbocycles. The molecule has 0 aliphatic rings. The van der Waals surface area contributed by atoms with Gasteiger partial charge in [-0.3, -0.25) is 4.79 Å². The number of carbonyl (C=O) groups is 1. The summed E-state index contributed by atoms with van der Waals surface area (Å²) >= 11 is 0. The molecule has 2 rings (SSSR count). The number of rotatable bonds is 2. The van der Waals surface area contributed by atoms with Crippen molar-refractivity contribution in [3.8, 4) is 5.75 Å². The van der Waals surface area contributed by atoms with Gasteiger partial charge in [0.2, 0.25) is 0 Å². The van der Waals surface area contributed by atoms with Crippen LogP contribution in [0, 0.1) is 0 Å². The molecule has 0 fully saturated rings. The summed E-state index contributed by atoms with van der Waals surface area (Å²) in [6.07, 6.45) is 0.851. The maximum Gasteiger partial charge on any atom is 0.150 e. The fourth-order valence-electron chi connectivity index (χ4n) is 1.44. The van der Waals surface area contributed by atoms with E-state index in [9.17, 15) is 4.79 Å². The second-order valence-corrected chi connectivity index (χ2v) is 3.09. The normalized spacial score (nSPS) is 9.40. The molecule has 2 heteroatoms. The summed E-state index contributed by atoms with van der Waals surface area (Å²) in [4.78, 5) is 10.5. The SMILES string of the molecule is C.COc1ccc2cc(C=O)ccc2c1. The summed E-state index contributed by atoms with van der Waals surface area (Å²) in [5, 5.41) is 2.13. The molecule has 0 bridgehead atoms. The highest BCUT2D eigenvalue weighted by molar-refractivity contribution is 5.89. The van der Waals surface area contributed by atoms with Gasteiger partial charge in [-0.25, -0.2) is 0 Å². The van der Waals surface area contributed by atoms with Crippen molar-refractivity contribution in [1.82, 2.24) is 0 Å². The lowest BCUT2D eigenvalue weighted by atomic mass is 10.1. The highest BCUT2D eigenvalue weighted by atomic mass is 16.5. The minimum absolute atomic E-state index is 0. The second-order valence-electron chi connectivity index (χ2n) is 3.09. The van der Waals surface area contributed by atoms with Gasteiger partial charge in [0.25, 0.3) is 0 Å². The molecule has 0 spiro atoms. The molecule has 0 saturated heterocycles. The van der Waals surface area contributed by atoms with E-state index in [4.69, 9.17) is 4.74 Å². The number of ether oxygens (including phenoxy) is 1. The quantitative estimate of drug-likeness (QED) is 0.698. The monoisotopic (exact) mass is 202 g/mol. The second kappa shape index (κ2) is 4.60. The Balaban J connectivity index is 0.00000112. The minimum atomic E-state index is 0. The fourth-order valence-corrected chi connectivity index (χ4v) is 1.44. The van der Waals surface area contributed by atoms with Crippen LogP contribution >= 0.6 is 0 Å². The van der Waals surface area contributed by atoms with Crippen molar-refractivity contribution in [1.29, 1.82) is 0 Å². The average molecular weight is 202 g/mol. The van der Waals surface area contributed by atoms with Crippen LogP contribution in [0.25, 0.3) is 10.8 Å². The van der Waals surface area contributed by atoms with Gasteiger partial charge in [-0.15, -0.1) is 0 Å². The van der Waals surface area contributed by atoms with Gasteiger partial charge in [0.15, 0.2) is 0 Å². The first-order valence-electron chi connectivity index (χ1n) is 4.36. The van der Waals surface area contributed by atoms with Crippen molar-refractivity contribution in [2.24, 2.45) is 0 Å². The van der Waals surface area contributed by atoms with Crippen LogP contribution in [0.5, 0.6) is 5.75 Å². The lowest BCUT2D eigenvalue weighted by Gasteiger charge is -2.02. The van der Waals surface area contributed by atoms with E-state index >= 15 is 0 Å². The Labute approximate surface area is 89.5 Å². The maximum absolute atomic E-state index is 10.5. The van der Waals surface area contributed by atoms with E-state index in [0.29, 0.717) is 5.56 Å². The molecular weight excluding hydrogens is 188 g/mol. The van der Waals surface area contributed by atoms with Crippen LogP contribution in [0.3, 0.4) is 0 Å². The smallest absolute Gasteiger partial charge is 0.150 e. The van der Waals surface area contributed by atoms with E-state index in [2.05, 4.69) is 0 Å². The first-order chi connectivity index (χ1) is 6.83. The molecule has 0 N–H and O–H groups in total. The molecule has 78 valence electrons. The molecule has 0 saturated carbocycles. The van der Waals surface area contributed by atoms with Crippen LogP contribution in [0.1, 0.15) is 17.8 Å². The molecule has 0 aliphatic heterocycles. The predicted octanol–water partition coefficient (Wildman–Crippen LogP) is 3.30. The zero-order valence-corrected chi connectivity index (χ0v) is 7.86. The van der Waals surface area contributed by atoms with Crippen molar-refractivity contribution in [3.05, 3.63) is 42.0 Å². The zero-order valence-electron chi connectivity index (χ0n) is 7.86. The zero-order chi connectivity index (χ0) is 9.97. The molecule has 0 unspecified atom stereocenters. The highest BCUT2D eigenvalue weighted by Crippen LogP contribution is 2.21. The van der Waals surface area contributed by atoms with Gasteiger partial charge in [-0.05, 0) is 29.0 Å². The topological polar surface area (TPSA) is 26.3 Å². The van der Waals surface area contributed by atoms with Crippen molar-refractivity contribution < 1.29 is 9.53 Å². The summed E-state index contributed by atoms with van der Waals surface area (Å²) in [6, 6.07) is 11.4. The Kier molecular flexibility index (Phi) is 3.45. The van der Waals surface area contributed by atoms with E-state index < -0.39 is 0 Å². The third kappa shape index (κ3) is 2.15. The summed E-state index contributed by atoms with van der Waals surface area (Å²) in [7, 11) is 1.64. The number of benzene rings is 2. The molecule has 0 aromatic heterocycles. The highest BCUT2D eigenvalue weighted by Gasteiger charge is 1.97. The summed E-state index contributed by atoms with van der Waals surface area (Å²) < 4.78 is 5.11. The van der Waals surface area contributed by atoms with E-state index in [-0.39, 0.29) is 7.43 Å². The van der Waals surface area contributed by atoms with E-state index in [1.807, 2.05) is 30.3 Å². The van der Waals surface area contributed by atoms with Gasteiger partial charge in [0, 0.05) is 5.56 Å². The number of aldehydes is 1. The molecule has 15 heavy (non-hydrogen) atoms. The van der Waals surface area contributed by atoms with Crippen molar-refractivity contribution in [2.75, 3.05) is 7.11 Å². The lowest BCUT2D eigenvalue weighted by Crippen LogP contribution is -1.83. The van der Waals surface area contributed by atoms with Gasteiger partial charge in [0.05, 0.1) is 7.11 Å². The van der Waals surface area contributed by atoms with Gasteiger partial charge in [-0.1, -0.05) is 25.6 Å². The van der Waals surface area contributed by atoms with Crippen LogP contribution < -0.4 is 4.74 Å². The van der Waals surface area contributed by atoms with Crippen LogP contribution in [-0.4, -0.2) is 13.4 Å². The summed E-state index contributed by atoms with van der Waals surface area (Å²) in [6.45, 7) is 0. The molecule has 2 aromatic carbocycles. The third-order valence-electron chi connectivity index (χ3n) is 2.21. The Morgan fingerprint density at radius 2 is 1.73 bits per heavy atom. The fraction of sp³-hybridized carbons (Fsp3) is 0.154. The number of fused-ring (bicyclic) bond motifs is 1. The van der Waals surface area contributed by atoms with Gasteiger partial charge in [-0.2, -0.15) is 0 Å². The van der Waals surface area contributed by atoms with Crippen LogP contribution in [0.15, 0.2) is 36.4 Å². The van der Waals surface area contributed by atoms with E-state index in [0.717, 1.165) is 22.8 Å². The molecule has 0 amide bonds. The van der Waals surface area contributed by atoms with Gasteiger partial charge in [0.1, 0.15) is 12.0 Å². The van der Waals surface area contributed by atoms with Gasteiger partial charge < -0.3 is 4.74 Å². The lowest BCUT2D eigenvalue weighted by molar-refractivity contribution is 0.112. The molecule has 2 aromatic rings. The number of methoxy groups -OCH3 is 1. The van der Waals surface area contributed by atoms with Crippen molar-refractivity contribution in [2.45, 2.75) is 7.43 Å². The molecule has 0 atom stereocenters. The standard InChI is InChI=1S/C12H10O2.CH4/c1-14-12-5-4-10-6-9(8-13)2-3-11(10)7-12;/h2-8H,1H3;1H4. The van der Waals surface area contributed by atoms with Crippen molar-refractivity contribution in [3.63, 3.8) is 0 Å². The van der Waals surface area contributed by atoms with Crippen LogP contribution in [-0.2, 0) is 0 Å². The molecule has 0 heterocycles. The van der Waals surface area contributed by atoms with Crippen LogP contribution in [0.2, 0.25) is 0 Å². The molecule has 2 nitrogen and oxygen atoms in total. The number of hydrogen-bond acceptors (Lipinski definition) is 2.